The smallest absolute Gasteiger partial charge is 0.198 e. The Kier molecular flexibility index (Phi) is 2.49. The third-order valence-electron chi connectivity index (χ3n) is 1.74. The van der Waals surface area contributed by atoms with E-state index >= 15 is 0 Å². The van der Waals surface area contributed by atoms with Gasteiger partial charge in [0.15, 0.2) is 11.9 Å². The van der Waals surface area contributed by atoms with Crippen molar-refractivity contribution in [3.63, 3.8) is 0 Å². The number of aliphatic hydroxyl groups excluding tert-OH is 2. The van der Waals surface area contributed by atoms with Crippen LogP contribution in [0, 0.1) is 0 Å². The molecule has 0 aliphatic carbocycles. The number of aliphatic hydroxyl groups is 2. The maximum Gasteiger partial charge on any atom is 0.198 e. The number of hydrogen-bond donors (Lipinski definition) is 2. The minimum Gasteiger partial charge on any atom is -0.393 e. The summed E-state index contributed by atoms with van der Waals surface area (Å²) >= 11 is 0. The normalized spacial score (nSPS) is 40.9. The summed E-state index contributed by atoms with van der Waals surface area (Å²) in [6.07, 6.45) is -3.22. The Morgan fingerprint density at radius 3 is 2.83 bits per heavy atom. The molecule has 6 nitrogen and oxygen atoms in total. The molecule has 0 aromatic rings. The Labute approximate surface area is 67.2 Å². The first-order chi connectivity index (χ1) is 5.66. The molecule has 3 atom stereocenters. The molecule has 0 aromatic heterocycles. The molecule has 1 fully saturated rings. The van der Waals surface area contributed by atoms with Crippen molar-refractivity contribution in [2.24, 2.45) is 5.11 Å². The van der Waals surface area contributed by atoms with Crippen LogP contribution in [0.5, 0.6) is 0 Å². The summed E-state index contributed by atoms with van der Waals surface area (Å²) in [6.45, 7) is -1.11. The van der Waals surface area contributed by atoms with Gasteiger partial charge in [0.2, 0.25) is 0 Å². The van der Waals surface area contributed by atoms with Crippen LogP contribution in [0.25, 0.3) is 10.4 Å². The molecule has 1 aliphatic heterocycles. The fourth-order valence-electron chi connectivity index (χ4n) is 1.02. The first kappa shape index (κ1) is 9.21. The minimum atomic E-state index is -1.84. The van der Waals surface area contributed by atoms with E-state index in [1.54, 1.807) is 0 Å². The molecule has 2 N–H and O–H groups in total. The van der Waals surface area contributed by atoms with Crippen molar-refractivity contribution in [1.29, 1.82) is 0 Å². The molecule has 3 unspecified atom stereocenters. The second-order valence-electron chi connectivity index (χ2n) is 2.46. The van der Waals surface area contributed by atoms with E-state index in [1.165, 1.54) is 0 Å². The van der Waals surface area contributed by atoms with Crippen LogP contribution in [0.3, 0.4) is 0 Å². The van der Waals surface area contributed by atoms with E-state index in [1.807, 2.05) is 0 Å². The molecule has 12 heavy (non-hydrogen) atoms. The van der Waals surface area contributed by atoms with E-state index in [2.05, 4.69) is 14.8 Å². The van der Waals surface area contributed by atoms with Crippen LogP contribution in [0.1, 0.15) is 0 Å². The van der Waals surface area contributed by atoms with Crippen molar-refractivity contribution < 1.29 is 19.3 Å². The summed E-state index contributed by atoms with van der Waals surface area (Å²) < 4.78 is 17.3. The lowest BCUT2D eigenvalue weighted by atomic mass is 10.1. The summed E-state index contributed by atoms with van der Waals surface area (Å²) in [7, 11) is 0. The zero-order valence-electron chi connectivity index (χ0n) is 6.09. The van der Waals surface area contributed by atoms with E-state index in [0.29, 0.717) is 0 Å². The molecular formula is C5H8FN3O3. The van der Waals surface area contributed by atoms with Crippen LogP contribution in [-0.2, 0) is 4.74 Å². The van der Waals surface area contributed by atoms with E-state index < -0.39 is 24.6 Å². The molecule has 1 aliphatic rings. The standard InChI is InChI=1S/C5H8FN3O3/c6-3-1-12-5(2-10,4(3)11)8-9-7/h3-4,10-11H,1-2H2. The highest BCUT2D eigenvalue weighted by molar-refractivity contribution is 4.95. The zero-order chi connectivity index (χ0) is 9.19. The number of rotatable bonds is 2. The lowest BCUT2D eigenvalue weighted by Crippen LogP contribution is -2.43. The highest BCUT2D eigenvalue weighted by Crippen LogP contribution is 2.29. The number of halogens is 1. The van der Waals surface area contributed by atoms with Crippen molar-refractivity contribution in [1.82, 2.24) is 0 Å². The molecule has 0 aromatic carbocycles. The summed E-state index contributed by atoms with van der Waals surface area (Å²) in [5.74, 6) is 0. The predicted molar refractivity (Wildman–Crippen MR) is 35.8 cm³/mol. The van der Waals surface area contributed by atoms with Crippen LogP contribution in [-0.4, -0.2) is 41.4 Å². The number of nitrogens with zero attached hydrogens (tertiary/aromatic N) is 3. The van der Waals surface area contributed by atoms with E-state index in [4.69, 9.17) is 15.7 Å². The second kappa shape index (κ2) is 3.24. The van der Waals surface area contributed by atoms with Crippen LogP contribution in [0.15, 0.2) is 5.11 Å². The van der Waals surface area contributed by atoms with Gasteiger partial charge in [-0.2, -0.15) is 0 Å². The Morgan fingerprint density at radius 1 is 1.83 bits per heavy atom. The van der Waals surface area contributed by atoms with Crippen molar-refractivity contribution in [3.05, 3.63) is 10.4 Å². The zero-order valence-corrected chi connectivity index (χ0v) is 6.09. The number of ether oxygens (including phenoxy) is 1. The van der Waals surface area contributed by atoms with Crippen LogP contribution < -0.4 is 0 Å². The topological polar surface area (TPSA) is 98.5 Å². The van der Waals surface area contributed by atoms with Gasteiger partial charge in [0, 0.05) is 4.91 Å². The number of azide groups is 1. The lowest BCUT2D eigenvalue weighted by Gasteiger charge is -2.22. The van der Waals surface area contributed by atoms with Gasteiger partial charge in [-0.25, -0.2) is 4.39 Å². The average Bonchev–Trinajstić information content (AvgIpc) is 2.35. The van der Waals surface area contributed by atoms with Crippen molar-refractivity contribution >= 4 is 0 Å². The van der Waals surface area contributed by atoms with Gasteiger partial charge >= 0.3 is 0 Å². The van der Waals surface area contributed by atoms with Gasteiger partial charge in [-0.05, 0) is 5.53 Å². The minimum absolute atomic E-state index is 0.374. The summed E-state index contributed by atoms with van der Waals surface area (Å²) in [4.78, 5) is 2.36. The molecule has 7 heteroatoms. The van der Waals surface area contributed by atoms with Gasteiger partial charge < -0.3 is 14.9 Å². The molecular weight excluding hydrogens is 169 g/mol. The Balaban J connectivity index is 2.87. The SMILES string of the molecule is [N-]=[N+]=NC1(CO)OCC(F)C1O. The van der Waals surface area contributed by atoms with Crippen molar-refractivity contribution in [2.75, 3.05) is 13.2 Å². The molecule has 0 bridgehead atoms. The Morgan fingerprint density at radius 2 is 2.50 bits per heavy atom. The molecule has 1 rings (SSSR count). The largest absolute Gasteiger partial charge is 0.393 e. The maximum absolute atomic E-state index is 12.7. The third kappa shape index (κ3) is 1.23. The third-order valence-corrected chi connectivity index (χ3v) is 1.74. The molecule has 1 heterocycles. The summed E-state index contributed by atoms with van der Waals surface area (Å²) in [5, 5.41) is 20.9. The first-order valence-electron chi connectivity index (χ1n) is 3.29. The Hall–Kier alpha value is -0.880. The van der Waals surface area contributed by atoms with Crippen molar-refractivity contribution in [2.45, 2.75) is 18.0 Å². The fourth-order valence-corrected chi connectivity index (χ4v) is 1.02. The highest BCUT2D eigenvalue weighted by atomic mass is 19.1. The van der Waals surface area contributed by atoms with Gasteiger partial charge in [0.1, 0.15) is 6.10 Å². The van der Waals surface area contributed by atoms with Gasteiger partial charge in [-0.3, -0.25) is 0 Å². The second-order valence-corrected chi connectivity index (χ2v) is 2.46. The maximum atomic E-state index is 12.7. The number of hydrogen-bond acceptors (Lipinski definition) is 4. The summed E-state index contributed by atoms with van der Waals surface area (Å²) in [6, 6.07) is 0. The highest BCUT2D eigenvalue weighted by Gasteiger charge is 2.49. The van der Waals surface area contributed by atoms with E-state index in [9.17, 15) is 4.39 Å². The van der Waals surface area contributed by atoms with E-state index in [0.717, 1.165) is 0 Å². The van der Waals surface area contributed by atoms with Crippen LogP contribution in [0.4, 0.5) is 4.39 Å². The van der Waals surface area contributed by atoms with Gasteiger partial charge in [0.25, 0.3) is 0 Å². The number of alkyl halides is 1. The molecule has 1 saturated heterocycles. The van der Waals surface area contributed by atoms with E-state index in [-0.39, 0.29) is 6.61 Å². The Bertz CT molecular complexity index is 220. The molecule has 68 valence electrons. The molecule has 0 amide bonds. The molecule has 0 radical (unpaired) electrons. The average molecular weight is 177 g/mol. The van der Waals surface area contributed by atoms with Crippen LogP contribution >= 0.6 is 0 Å². The van der Waals surface area contributed by atoms with Gasteiger partial charge in [0.05, 0.1) is 13.2 Å². The predicted octanol–water partition coefficient (Wildman–Crippen LogP) is -0.285. The van der Waals surface area contributed by atoms with Gasteiger partial charge in [-0.1, -0.05) is 5.11 Å². The summed E-state index contributed by atoms with van der Waals surface area (Å²) in [5.41, 5.74) is 6.22. The lowest BCUT2D eigenvalue weighted by molar-refractivity contribution is -0.0874. The molecule has 0 spiro atoms. The van der Waals surface area contributed by atoms with Crippen molar-refractivity contribution in [3.8, 4) is 0 Å². The fraction of sp³-hybridized carbons (Fsp3) is 1.00. The molecule has 0 saturated carbocycles. The quantitative estimate of drug-likeness (QED) is 0.344. The van der Waals surface area contributed by atoms with Gasteiger partial charge in [-0.15, -0.1) is 0 Å². The van der Waals surface area contributed by atoms with Crippen LogP contribution in [0.2, 0.25) is 0 Å². The monoisotopic (exact) mass is 177 g/mol. The first-order valence-corrected chi connectivity index (χ1v) is 3.29.